The Hall–Kier alpha value is -1.65. The maximum absolute atomic E-state index is 4.40. The monoisotopic (exact) mass is 270 g/mol. The molecule has 4 nitrogen and oxygen atoms in total. The second-order valence-corrected chi connectivity index (χ2v) is 5.51. The van der Waals surface area contributed by atoms with Crippen molar-refractivity contribution in [3.63, 3.8) is 0 Å². The van der Waals surface area contributed by atoms with Crippen LogP contribution in [0.1, 0.15) is 34.8 Å². The molecule has 1 aliphatic heterocycles. The standard InChI is InChI=1S/C16H22N4/c1-12-14(11-20(2)19-12)10-18-16-7-8-17-9-13-5-3-4-6-15(13)16/h3-6,11,16-18H,7-10H2,1-2H3. The van der Waals surface area contributed by atoms with Gasteiger partial charge in [0.05, 0.1) is 5.69 Å². The number of hydrogen-bond donors (Lipinski definition) is 2. The highest BCUT2D eigenvalue weighted by Gasteiger charge is 2.17. The van der Waals surface area contributed by atoms with Crippen LogP contribution in [-0.2, 0) is 20.1 Å². The molecule has 1 unspecified atom stereocenters. The van der Waals surface area contributed by atoms with E-state index in [1.54, 1.807) is 0 Å². The highest BCUT2D eigenvalue weighted by atomic mass is 15.3. The molecule has 0 amide bonds. The Morgan fingerprint density at radius 3 is 3.05 bits per heavy atom. The van der Waals surface area contributed by atoms with Crippen LogP contribution in [0.25, 0.3) is 0 Å². The summed E-state index contributed by atoms with van der Waals surface area (Å²) in [5.41, 5.74) is 5.23. The van der Waals surface area contributed by atoms with Gasteiger partial charge in [0.25, 0.3) is 0 Å². The van der Waals surface area contributed by atoms with Crippen LogP contribution in [0, 0.1) is 6.92 Å². The molecule has 3 rings (SSSR count). The second-order valence-electron chi connectivity index (χ2n) is 5.51. The Kier molecular flexibility index (Phi) is 3.85. The van der Waals surface area contributed by atoms with E-state index < -0.39 is 0 Å². The first kappa shape index (κ1) is 13.3. The molecule has 1 aliphatic rings. The molecule has 0 bridgehead atoms. The molecule has 106 valence electrons. The van der Waals surface area contributed by atoms with Gasteiger partial charge in [-0.25, -0.2) is 0 Å². The van der Waals surface area contributed by atoms with E-state index in [0.717, 1.165) is 31.7 Å². The summed E-state index contributed by atoms with van der Waals surface area (Å²) in [6.45, 7) is 4.97. The lowest BCUT2D eigenvalue weighted by molar-refractivity contribution is 0.495. The van der Waals surface area contributed by atoms with Crippen LogP contribution < -0.4 is 10.6 Å². The average Bonchev–Trinajstić information content (AvgIpc) is 2.65. The minimum atomic E-state index is 0.417. The predicted octanol–water partition coefficient (Wildman–Crippen LogP) is 2.05. The Morgan fingerprint density at radius 2 is 2.25 bits per heavy atom. The molecule has 2 aromatic rings. The van der Waals surface area contributed by atoms with E-state index in [9.17, 15) is 0 Å². The first-order chi connectivity index (χ1) is 9.74. The van der Waals surface area contributed by atoms with Crippen molar-refractivity contribution in [2.45, 2.75) is 32.5 Å². The van der Waals surface area contributed by atoms with Gasteiger partial charge in [-0.1, -0.05) is 24.3 Å². The van der Waals surface area contributed by atoms with Crippen molar-refractivity contribution in [2.24, 2.45) is 7.05 Å². The van der Waals surface area contributed by atoms with Gasteiger partial charge >= 0.3 is 0 Å². The molecule has 2 N–H and O–H groups in total. The van der Waals surface area contributed by atoms with E-state index in [1.165, 1.54) is 16.7 Å². The number of rotatable bonds is 3. The van der Waals surface area contributed by atoms with Crippen LogP contribution in [-0.4, -0.2) is 16.3 Å². The SMILES string of the molecule is Cc1nn(C)cc1CNC1CCNCc2ccccc21. The van der Waals surface area contributed by atoms with Gasteiger partial charge in [-0.2, -0.15) is 5.10 Å². The summed E-state index contributed by atoms with van der Waals surface area (Å²) in [6, 6.07) is 9.14. The van der Waals surface area contributed by atoms with E-state index in [-0.39, 0.29) is 0 Å². The molecule has 0 fully saturated rings. The van der Waals surface area contributed by atoms with Gasteiger partial charge in [0, 0.05) is 37.9 Å². The summed E-state index contributed by atoms with van der Waals surface area (Å²) in [6.07, 6.45) is 3.22. The lowest BCUT2D eigenvalue weighted by Crippen LogP contribution is -2.22. The quantitative estimate of drug-likeness (QED) is 0.897. The molecule has 0 saturated carbocycles. The largest absolute Gasteiger partial charge is 0.313 e. The third kappa shape index (κ3) is 2.76. The molecule has 0 spiro atoms. The summed E-state index contributed by atoms with van der Waals surface area (Å²) in [4.78, 5) is 0. The van der Waals surface area contributed by atoms with Crippen LogP contribution in [0.15, 0.2) is 30.5 Å². The van der Waals surface area contributed by atoms with E-state index >= 15 is 0 Å². The van der Waals surface area contributed by atoms with Crippen molar-refractivity contribution < 1.29 is 0 Å². The number of fused-ring (bicyclic) bond motifs is 1. The lowest BCUT2D eigenvalue weighted by Gasteiger charge is -2.18. The third-order valence-electron chi connectivity index (χ3n) is 4.01. The lowest BCUT2D eigenvalue weighted by atomic mass is 9.99. The fraction of sp³-hybridized carbons (Fsp3) is 0.438. The molecule has 20 heavy (non-hydrogen) atoms. The van der Waals surface area contributed by atoms with E-state index in [0.29, 0.717) is 6.04 Å². The van der Waals surface area contributed by atoms with Crippen LogP contribution in [0.4, 0.5) is 0 Å². The first-order valence-electron chi connectivity index (χ1n) is 7.25. The van der Waals surface area contributed by atoms with Gasteiger partial charge in [-0.3, -0.25) is 4.68 Å². The van der Waals surface area contributed by atoms with Crippen LogP contribution >= 0.6 is 0 Å². The zero-order valence-corrected chi connectivity index (χ0v) is 12.2. The fourth-order valence-electron chi connectivity index (χ4n) is 2.93. The smallest absolute Gasteiger partial charge is 0.0638 e. The molecule has 1 aromatic heterocycles. The van der Waals surface area contributed by atoms with Crippen LogP contribution in [0.2, 0.25) is 0 Å². The summed E-state index contributed by atoms with van der Waals surface area (Å²) in [5, 5.41) is 11.6. The Morgan fingerprint density at radius 1 is 1.40 bits per heavy atom. The zero-order chi connectivity index (χ0) is 13.9. The molecule has 0 aliphatic carbocycles. The Balaban J connectivity index is 1.75. The first-order valence-corrected chi connectivity index (χ1v) is 7.25. The summed E-state index contributed by atoms with van der Waals surface area (Å²) < 4.78 is 1.88. The maximum Gasteiger partial charge on any atom is 0.0638 e. The molecule has 1 aromatic carbocycles. The van der Waals surface area contributed by atoms with Gasteiger partial charge < -0.3 is 10.6 Å². The Bertz CT molecular complexity index is 588. The Labute approximate surface area is 120 Å². The van der Waals surface area contributed by atoms with Crippen molar-refractivity contribution in [1.29, 1.82) is 0 Å². The van der Waals surface area contributed by atoms with Gasteiger partial charge in [0.2, 0.25) is 0 Å². The van der Waals surface area contributed by atoms with Crippen molar-refractivity contribution in [2.75, 3.05) is 6.54 Å². The summed E-state index contributed by atoms with van der Waals surface area (Å²) in [5.74, 6) is 0. The molecular formula is C16H22N4. The number of hydrogen-bond acceptors (Lipinski definition) is 3. The minimum Gasteiger partial charge on any atom is -0.313 e. The van der Waals surface area contributed by atoms with Crippen molar-refractivity contribution in [1.82, 2.24) is 20.4 Å². The summed E-state index contributed by atoms with van der Waals surface area (Å²) in [7, 11) is 1.97. The zero-order valence-electron chi connectivity index (χ0n) is 12.2. The number of aryl methyl sites for hydroxylation is 2. The van der Waals surface area contributed by atoms with Gasteiger partial charge in [-0.15, -0.1) is 0 Å². The van der Waals surface area contributed by atoms with Crippen LogP contribution in [0.5, 0.6) is 0 Å². The number of nitrogens with zero attached hydrogens (tertiary/aromatic N) is 2. The van der Waals surface area contributed by atoms with Crippen molar-refractivity contribution in [3.8, 4) is 0 Å². The molecule has 0 radical (unpaired) electrons. The van der Waals surface area contributed by atoms with Crippen molar-refractivity contribution >= 4 is 0 Å². The third-order valence-corrected chi connectivity index (χ3v) is 4.01. The normalized spacial score (nSPS) is 18.6. The second kappa shape index (κ2) is 5.77. The van der Waals surface area contributed by atoms with E-state index in [1.807, 2.05) is 11.7 Å². The highest BCUT2D eigenvalue weighted by molar-refractivity contribution is 5.31. The van der Waals surface area contributed by atoms with E-state index in [2.05, 4.69) is 53.1 Å². The molecule has 2 heterocycles. The maximum atomic E-state index is 4.40. The summed E-state index contributed by atoms with van der Waals surface area (Å²) >= 11 is 0. The number of nitrogens with one attached hydrogen (secondary N) is 2. The average molecular weight is 270 g/mol. The molecule has 4 heteroatoms. The van der Waals surface area contributed by atoms with Crippen molar-refractivity contribution in [3.05, 3.63) is 52.8 Å². The highest BCUT2D eigenvalue weighted by Crippen LogP contribution is 2.24. The minimum absolute atomic E-state index is 0.417. The van der Waals surface area contributed by atoms with Gasteiger partial charge in [-0.05, 0) is 31.0 Å². The number of aromatic nitrogens is 2. The number of benzene rings is 1. The fourth-order valence-corrected chi connectivity index (χ4v) is 2.93. The van der Waals surface area contributed by atoms with Gasteiger partial charge in [0.1, 0.15) is 0 Å². The van der Waals surface area contributed by atoms with E-state index in [4.69, 9.17) is 0 Å². The molecule has 1 atom stereocenters. The van der Waals surface area contributed by atoms with Gasteiger partial charge in [0.15, 0.2) is 0 Å². The molecule has 0 saturated heterocycles. The van der Waals surface area contributed by atoms with Crippen LogP contribution in [0.3, 0.4) is 0 Å². The molecular weight excluding hydrogens is 248 g/mol. The topological polar surface area (TPSA) is 41.9 Å². The predicted molar refractivity (Wildman–Crippen MR) is 80.3 cm³/mol.